The van der Waals surface area contributed by atoms with Gasteiger partial charge in [-0.25, -0.2) is 0 Å². The number of aromatic nitrogens is 2. The summed E-state index contributed by atoms with van der Waals surface area (Å²) in [7, 11) is 0. The lowest BCUT2D eigenvalue weighted by molar-refractivity contribution is -0.126. The molecule has 0 bridgehead atoms. The van der Waals surface area contributed by atoms with E-state index in [9.17, 15) is 4.79 Å². The molecule has 2 atom stereocenters. The van der Waals surface area contributed by atoms with Crippen LogP contribution < -0.4 is 11.1 Å². The van der Waals surface area contributed by atoms with Gasteiger partial charge in [0.05, 0.1) is 16.9 Å². The van der Waals surface area contributed by atoms with Gasteiger partial charge in [0.2, 0.25) is 5.91 Å². The second-order valence-electron chi connectivity index (χ2n) is 6.43. The highest BCUT2D eigenvalue weighted by molar-refractivity contribution is 6.31. The standard InChI is InChI=1S/C15H23ClN4O/c1-10-13(16)9-18-20(10)8-6-11-3-2-7-15(11,14(17)21)19-12-4-5-12/h9,11-12,19H,2-8H2,1H3,(H2,17,21). The van der Waals surface area contributed by atoms with Gasteiger partial charge in [-0.15, -0.1) is 0 Å². The summed E-state index contributed by atoms with van der Waals surface area (Å²) in [5, 5.41) is 8.53. The molecule has 1 heterocycles. The quantitative estimate of drug-likeness (QED) is 0.844. The Kier molecular flexibility index (Phi) is 3.97. The number of nitrogens with two attached hydrogens (primary N) is 1. The maximum absolute atomic E-state index is 12.1. The summed E-state index contributed by atoms with van der Waals surface area (Å²) in [6, 6.07) is 0.485. The van der Waals surface area contributed by atoms with Crippen LogP contribution in [0.4, 0.5) is 0 Å². The van der Waals surface area contributed by atoms with E-state index < -0.39 is 5.54 Å². The summed E-state index contributed by atoms with van der Waals surface area (Å²) < 4.78 is 1.92. The summed E-state index contributed by atoms with van der Waals surface area (Å²) in [6.07, 6.45) is 7.88. The minimum Gasteiger partial charge on any atom is -0.368 e. The van der Waals surface area contributed by atoms with Gasteiger partial charge in [-0.05, 0) is 44.9 Å². The van der Waals surface area contributed by atoms with Crippen molar-refractivity contribution in [2.75, 3.05) is 0 Å². The van der Waals surface area contributed by atoms with Crippen molar-refractivity contribution in [1.82, 2.24) is 15.1 Å². The first-order valence-electron chi connectivity index (χ1n) is 7.78. The van der Waals surface area contributed by atoms with Gasteiger partial charge in [0, 0.05) is 12.6 Å². The van der Waals surface area contributed by atoms with E-state index in [2.05, 4.69) is 10.4 Å². The normalized spacial score (nSPS) is 29.0. The molecule has 0 spiro atoms. The van der Waals surface area contributed by atoms with Gasteiger partial charge >= 0.3 is 0 Å². The zero-order valence-electron chi connectivity index (χ0n) is 12.4. The fourth-order valence-electron chi connectivity index (χ4n) is 3.57. The Morgan fingerprint density at radius 2 is 2.33 bits per heavy atom. The van der Waals surface area contributed by atoms with Gasteiger partial charge in [0.15, 0.2) is 0 Å². The van der Waals surface area contributed by atoms with Crippen molar-refractivity contribution >= 4 is 17.5 Å². The van der Waals surface area contributed by atoms with Crippen molar-refractivity contribution in [3.63, 3.8) is 0 Å². The van der Waals surface area contributed by atoms with Gasteiger partial charge in [-0.2, -0.15) is 5.10 Å². The highest BCUT2D eigenvalue weighted by Crippen LogP contribution is 2.40. The van der Waals surface area contributed by atoms with Crippen LogP contribution >= 0.6 is 11.6 Å². The summed E-state index contributed by atoms with van der Waals surface area (Å²) in [6.45, 7) is 2.75. The van der Waals surface area contributed by atoms with Crippen molar-refractivity contribution < 1.29 is 4.79 Å². The van der Waals surface area contributed by atoms with E-state index in [1.165, 1.54) is 0 Å². The smallest absolute Gasteiger partial charge is 0.238 e. The van der Waals surface area contributed by atoms with Gasteiger partial charge in [0.1, 0.15) is 5.54 Å². The van der Waals surface area contributed by atoms with Crippen molar-refractivity contribution in [2.45, 2.75) is 63.6 Å². The summed E-state index contributed by atoms with van der Waals surface area (Å²) in [5.74, 6) is 0.102. The third-order valence-electron chi connectivity index (χ3n) is 5.03. The molecule has 3 rings (SSSR count). The van der Waals surface area contributed by atoms with Gasteiger partial charge in [0.25, 0.3) is 0 Å². The molecule has 1 aromatic heterocycles. The maximum atomic E-state index is 12.1. The molecule has 2 unspecified atom stereocenters. The minimum atomic E-state index is -0.508. The molecule has 0 aromatic carbocycles. The van der Waals surface area contributed by atoms with Gasteiger partial charge in [-0.3, -0.25) is 9.48 Å². The largest absolute Gasteiger partial charge is 0.368 e. The van der Waals surface area contributed by atoms with E-state index in [1.54, 1.807) is 6.20 Å². The van der Waals surface area contributed by atoms with Gasteiger partial charge < -0.3 is 11.1 Å². The second kappa shape index (κ2) is 5.61. The van der Waals surface area contributed by atoms with E-state index in [1.807, 2.05) is 11.6 Å². The first-order valence-corrected chi connectivity index (χ1v) is 8.16. The first-order chi connectivity index (χ1) is 10.0. The topological polar surface area (TPSA) is 72.9 Å². The predicted octanol–water partition coefficient (Wildman–Crippen LogP) is 2.01. The van der Waals surface area contributed by atoms with Gasteiger partial charge in [-0.1, -0.05) is 18.0 Å². The second-order valence-corrected chi connectivity index (χ2v) is 6.84. The molecule has 2 fully saturated rings. The van der Waals surface area contributed by atoms with Crippen LogP contribution in [0.1, 0.15) is 44.2 Å². The zero-order chi connectivity index (χ0) is 15.0. The Morgan fingerprint density at radius 3 is 2.90 bits per heavy atom. The number of carbonyl (C=O) groups excluding carboxylic acids is 1. The lowest BCUT2D eigenvalue weighted by Gasteiger charge is -2.34. The Bertz CT molecular complexity index is 540. The third kappa shape index (κ3) is 2.81. The van der Waals surface area contributed by atoms with E-state index >= 15 is 0 Å². The first kappa shape index (κ1) is 14.9. The zero-order valence-corrected chi connectivity index (χ0v) is 13.2. The molecular formula is C15H23ClN4O. The average Bonchev–Trinajstić information content (AvgIpc) is 3.08. The van der Waals surface area contributed by atoms with E-state index in [0.29, 0.717) is 11.1 Å². The molecule has 1 aromatic rings. The number of primary amides is 1. The maximum Gasteiger partial charge on any atom is 0.238 e. The van der Waals surface area contributed by atoms with Crippen LogP contribution in [0.2, 0.25) is 5.02 Å². The molecule has 1 amide bonds. The van der Waals surface area contributed by atoms with E-state index in [-0.39, 0.29) is 11.8 Å². The molecule has 0 radical (unpaired) electrons. The SMILES string of the molecule is Cc1c(Cl)cnn1CCC1CCCC1(NC1CC1)C(N)=O. The van der Waals surface area contributed by atoms with Crippen LogP contribution in [-0.4, -0.2) is 27.3 Å². The number of hydrogen-bond acceptors (Lipinski definition) is 3. The lowest BCUT2D eigenvalue weighted by atomic mass is 9.83. The minimum absolute atomic E-state index is 0.188. The molecule has 6 heteroatoms. The Balaban J connectivity index is 1.70. The number of nitrogens with one attached hydrogen (secondary N) is 1. The highest BCUT2D eigenvalue weighted by atomic mass is 35.5. The summed E-state index contributed by atoms with van der Waals surface area (Å²) in [5.41, 5.74) is 6.23. The van der Waals surface area contributed by atoms with E-state index in [4.69, 9.17) is 17.3 Å². The number of halogens is 1. The molecule has 2 aliphatic carbocycles. The molecule has 21 heavy (non-hydrogen) atoms. The van der Waals surface area contributed by atoms with Crippen LogP contribution in [0, 0.1) is 12.8 Å². The molecule has 2 saturated carbocycles. The monoisotopic (exact) mass is 310 g/mol. The van der Waals surface area contributed by atoms with Crippen molar-refractivity contribution in [3.05, 3.63) is 16.9 Å². The van der Waals surface area contributed by atoms with Crippen LogP contribution in [0.3, 0.4) is 0 Å². The number of amides is 1. The number of aryl methyl sites for hydroxylation is 1. The molecule has 116 valence electrons. The Morgan fingerprint density at radius 1 is 1.57 bits per heavy atom. The number of hydrogen-bond donors (Lipinski definition) is 2. The molecular weight excluding hydrogens is 288 g/mol. The Labute approximate surface area is 130 Å². The predicted molar refractivity (Wildman–Crippen MR) is 82.0 cm³/mol. The summed E-state index contributed by atoms with van der Waals surface area (Å²) in [4.78, 5) is 12.1. The highest BCUT2D eigenvalue weighted by Gasteiger charge is 2.49. The number of nitrogens with zero attached hydrogens (tertiary/aromatic N) is 2. The van der Waals surface area contributed by atoms with Crippen molar-refractivity contribution in [1.29, 1.82) is 0 Å². The molecule has 0 saturated heterocycles. The van der Waals surface area contributed by atoms with E-state index in [0.717, 1.165) is 50.8 Å². The van der Waals surface area contributed by atoms with Crippen LogP contribution in [0.25, 0.3) is 0 Å². The third-order valence-corrected chi connectivity index (χ3v) is 5.40. The molecule has 5 nitrogen and oxygen atoms in total. The van der Waals surface area contributed by atoms with Crippen LogP contribution in [0.5, 0.6) is 0 Å². The van der Waals surface area contributed by atoms with Crippen molar-refractivity contribution in [2.24, 2.45) is 11.7 Å². The fourth-order valence-corrected chi connectivity index (χ4v) is 3.71. The number of carbonyl (C=O) groups is 1. The fraction of sp³-hybridized carbons (Fsp3) is 0.733. The lowest BCUT2D eigenvalue weighted by Crippen LogP contribution is -2.58. The van der Waals surface area contributed by atoms with Crippen molar-refractivity contribution in [3.8, 4) is 0 Å². The summed E-state index contributed by atoms with van der Waals surface area (Å²) >= 11 is 6.04. The Hall–Kier alpha value is -1.07. The average molecular weight is 311 g/mol. The molecule has 0 aliphatic heterocycles. The van der Waals surface area contributed by atoms with Crippen LogP contribution in [-0.2, 0) is 11.3 Å². The molecule has 3 N–H and O–H groups in total. The molecule has 2 aliphatic rings. The van der Waals surface area contributed by atoms with Crippen LogP contribution in [0.15, 0.2) is 6.20 Å². The number of rotatable bonds is 6.